The van der Waals surface area contributed by atoms with Gasteiger partial charge in [0.25, 0.3) is 5.56 Å². The SMILES string of the molecule is CCc1[nH]c(=O)c(C#N)cc1-c1ccc2nccn2c1. The van der Waals surface area contributed by atoms with Gasteiger partial charge >= 0.3 is 0 Å². The molecule has 3 rings (SSSR count). The molecule has 0 atom stereocenters. The fourth-order valence-electron chi connectivity index (χ4n) is 2.27. The number of aromatic amines is 1. The lowest BCUT2D eigenvalue weighted by atomic mass is 10.0. The molecule has 5 heteroatoms. The highest BCUT2D eigenvalue weighted by Gasteiger charge is 2.10. The van der Waals surface area contributed by atoms with Gasteiger partial charge in [0.15, 0.2) is 0 Å². The molecule has 0 aliphatic carbocycles. The van der Waals surface area contributed by atoms with Crippen molar-refractivity contribution in [1.82, 2.24) is 14.4 Å². The molecular formula is C15H12N4O. The van der Waals surface area contributed by atoms with Gasteiger partial charge in [-0.1, -0.05) is 6.92 Å². The number of nitrogens with zero attached hydrogens (tertiary/aromatic N) is 3. The number of aryl methyl sites for hydroxylation is 1. The van der Waals surface area contributed by atoms with E-state index in [-0.39, 0.29) is 11.1 Å². The Morgan fingerprint density at radius 3 is 3.05 bits per heavy atom. The molecule has 3 heterocycles. The van der Waals surface area contributed by atoms with Gasteiger partial charge in [0.1, 0.15) is 17.3 Å². The van der Waals surface area contributed by atoms with Crippen LogP contribution in [0, 0.1) is 11.3 Å². The van der Waals surface area contributed by atoms with Gasteiger partial charge in [-0.15, -0.1) is 0 Å². The highest BCUT2D eigenvalue weighted by molar-refractivity contribution is 5.68. The molecule has 20 heavy (non-hydrogen) atoms. The molecule has 3 aromatic rings. The van der Waals surface area contributed by atoms with E-state index in [1.165, 1.54) is 0 Å². The Morgan fingerprint density at radius 1 is 1.45 bits per heavy atom. The second kappa shape index (κ2) is 4.67. The normalized spacial score (nSPS) is 10.6. The van der Waals surface area contributed by atoms with Gasteiger partial charge in [0.05, 0.1) is 0 Å². The standard InChI is InChI=1S/C15H12N4O/c1-2-13-12(7-11(8-16)15(20)18-13)10-3-4-14-17-5-6-19(14)9-10/h3-7,9H,2H2,1H3,(H,18,20). The average Bonchev–Trinajstić information content (AvgIpc) is 2.94. The molecule has 3 aromatic heterocycles. The van der Waals surface area contributed by atoms with E-state index in [2.05, 4.69) is 9.97 Å². The minimum Gasteiger partial charge on any atom is -0.324 e. The van der Waals surface area contributed by atoms with Gasteiger partial charge in [0, 0.05) is 35.4 Å². The summed E-state index contributed by atoms with van der Waals surface area (Å²) in [5.74, 6) is 0. The van der Waals surface area contributed by atoms with Crippen LogP contribution in [0.2, 0.25) is 0 Å². The molecule has 0 bridgehead atoms. The third kappa shape index (κ3) is 1.88. The fourth-order valence-corrected chi connectivity index (χ4v) is 2.27. The molecule has 0 aliphatic rings. The summed E-state index contributed by atoms with van der Waals surface area (Å²) in [5, 5.41) is 9.01. The molecule has 1 N–H and O–H groups in total. The summed E-state index contributed by atoms with van der Waals surface area (Å²) in [6, 6.07) is 7.42. The van der Waals surface area contributed by atoms with Crippen LogP contribution >= 0.6 is 0 Å². The smallest absolute Gasteiger partial charge is 0.266 e. The number of nitrogens with one attached hydrogen (secondary N) is 1. The van der Waals surface area contributed by atoms with Crippen LogP contribution in [0.15, 0.2) is 41.6 Å². The molecule has 0 aromatic carbocycles. The van der Waals surface area contributed by atoms with E-state index in [4.69, 9.17) is 5.26 Å². The summed E-state index contributed by atoms with van der Waals surface area (Å²) in [4.78, 5) is 18.7. The molecule has 0 spiro atoms. The Hall–Kier alpha value is -2.87. The first-order valence-electron chi connectivity index (χ1n) is 6.32. The number of H-pyrrole nitrogens is 1. The first-order chi connectivity index (χ1) is 9.72. The molecule has 0 amide bonds. The van der Waals surface area contributed by atoms with Crippen LogP contribution in [-0.2, 0) is 6.42 Å². The Morgan fingerprint density at radius 2 is 2.30 bits per heavy atom. The predicted molar refractivity (Wildman–Crippen MR) is 75.3 cm³/mol. The number of aromatic nitrogens is 3. The van der Waals surface area contributed by atoms with Crippen molar-refractivity contribution in [2.45, 2.75) is 13.3 Å². The summed E-state index contributed by atoms with van der Waals surface area (Å²) in [6.45, 7) is 1.97. The molecule has 0 radical (unpaired) electrons. The van der Waals surface area contributed by atoms with E-state index >= 15 is 0 Å². The molecule has 5 nitrogen and oxygen atoms in total. The van der Waals surface area contributed by atoms with Crippen LogP contribution in [0.3, 0.4) is 0 Å². The summed E-state index contributed by atoms with van der Waals surface area (Å²) in [6.07, 6.45) is 6.23. The summed E-state index contributed by atoms with van der Waals surface area (Å²) in [5.41, 5.74) is 3.30. The van der Waals surface area contributed by atoms with E-state index in [1.54, 1.807) is 12.3 Å². The van der Waals surface area contributed by atoms with E-state index in [0.717, 1.165) is 22.5 Å². The summed E-state index contributed by atoms with van der Waals surface area (Å²) in [7, 11) is 0. The quantitative estimate of drug-likeness (QED) is 0.770. The highest BCUT2D eigenvalue weighted by atomic mass is 16.1. The van der Waals surface area contributed by atoms with E-state index in [9.17, 15) is 4.79 Å². The maximum absolute atomic E-state index is 11.7. The average molecular weight is 264 g/mol. The second-order valence-electron chi connectivity index (χ2n) is 4.48. The number of fused-ring (bicyclic) bond motifs is 1. The lowest BCUT2D eigenvalue weighted by Crippen LogP contribution is -2.13. The zero-order valence-corrected chi connectivity index (χ0v) is 10.9. The van der Waals surface area contributed by atoms with Crippen molar-refractivity contribution in [2.24, 2.45) is 0 Å². The molecule has 0 saturated heterocycles. The van der Waals surface area contributed by atoms with Gasteiger partial charge in [-0.05, 0) is 24.6 Å². The van der Waals surface area contributed by atoms with Gasteiger partial charge in [0.2, 0.25) is 0 Å². The van der Waals surface area contributed by atoms with E-state index in [1.807, 2.05) is 41.9 Å². The van der Waals surface area contributed by atoms with Gasteiger partial charge in [-0.2, -0.15) is 5.26 Å². The van der Waals surface area contributed by atoms with Crippen LogP contribution in [0.1, 0.15) is 18.2 Å². The monoisotopic (exact) mass is 264 g/mol. The number of pyridine rings is 2. The Bertz CT molecular complexity index is 883. The lowest BCUT2D eigenvalue weighted by Gasteiger charge is -2.09. The zero-order valence-electron chi connectivity index (χ0n) is 10.9. The van der Waals surface area contributed by atoms with Crippen LogP contribution < -0.4 is 5.56 Å². The Labute approximate surface area is 115 Å². The third-order valence-electron chi connectivity index (χ3n) is 3.30. The topological polar surface area (TPSA) is 73.9 Å². The summed E-state index contributed by atoms with van der Waals surface area (Å²) >= 11 is 0. The van der Waals surface area contributed by atoms with Crippen LogP contribution in [-0.4, -0.2) is 14.4 Å². The van der Waals surface area contributed by atoms with Crippen molar-refractivity contribution < 1.29 is 0 Å². The van der Waals surface area contributed by atoms with Crippen molar-refractivity contribution in [3.05, 3.63) is 58.4 Å². The lowest BCUT2D eigenvalue weighted by molar-refractivity contribution is 1.01. The van der Waals surface area contributed by atoms with Crippen LogP contribution in [0.5, 0.6) is 0 Å². The largest absolute Gasteiger partial charge is 0.324 e. The molecule has 0 aliphatic heterocycles. The number of imidazole rings is 1. The minimum atomic E-state index is -0.336. The number of rotatable bonds is 2. The number of hydrogen-bond donors (Lipinski definition) is 1. The maximum atomic E-state index is 11.7. The zero-order chi connectivity index (χ0) is 14.1. The number of nitriles is 1. The van der Waals surface area contributed by atoms with E-state index in [0.29, 0.717) is 6.42 Å². The van der Waals surface area contributed by atoms with Crippen molar-refractivity contribution in [3.8, 4) is 17.2 Å². The number of hydrogen-bond acceptors (Lipinski definition) is 3. The highest BCUT2D eigenvalue weighted by Crippen LogP contribution is 2.23. The van der Waals surface area contributed by atoms with E-state index < -0.39 is 0 Å². The predicted octanol–water partition coefficient (Wildman–Crippen LogP) is 2.12. The molecule has 0 unspecified atom stereocenters. The van der Waals surface area contributed by atoms with Crippen molar-refractivity contribution >= 4 is 5.65 Å². The fraction of sp³-hybridized carbons (Fsp3) is 0.133. The first kappa shape index (κ1) is 12.2. The molecular weight excluding hydrogens is 252 g/mol. The van der Waals surface area contributed by atoms with Crippen molar-refractivity contribution in [1.29, 1.82) is 5.26 Å². The second-order valence-corrected chi connectivity index (χ2v) is 4.48. The van der Waals surface area contributed by atoms with Gasteiger partial charge < -0.3 is 9.38 Å². The van der Waals surface area contributed by atoms with Crippen molar-refractivity contribution in [2.75, 3.05) is 0 Å². The molecule has 0 saturated carbocycles. The minimum absolute atomic E-state index is 0.128. The Balaban J connectivity index is 2.26. The summed E-state index contributed by atoms with van der Waals surface area (Å²) < 4.78 is 1.91. The third-order valence-corrected chi connectivity index (χ3v) is 3.30. The van der Waals surface area contributed by atoms with Crippen LogP contribution in [0.25, 0.3) is 16.8 Å². The first-order valence-corrected chi connectivity index (χ1v) is 6.32. The van der Waals surface area contributed by atoms with Gasteiger partial charge in [-0.3, -0.25) is 4.79 Å². The van der Waals surface area contributed by atoms with Crippen LogP contribution in [0.4, 0.5) is 0 Å². The van der Waals surface area contributed by atoms with Crippen molar-refractivity contribution in [3.63, 3.8) is 0 Å². The molecule has 98 valence electrons. The van der Waals surface area contributed by atoms with Gasteiger partial charge in [-0.25, -0.2) is 4.98 Å². The maximum Gasteiger partial charge on any atom is 0.266 e. The molecule has 0 fully saturated rings. The Kier molecular flexibility index (Phi) is 2.84.